The Kier molecular flexibility index (Phi) is 4.17. The summed E-state index contributed by atoms with van der Waals surface area (Å²) >= 11 is 0. The average molecular weight is 367 g/mol. The number of aryl methyl sites for hydroxylation is 3. The van der Waals surface area contributed by atoms with Crippen molar-refractivity contribution in [3.8, 4) is 0 Å². The number of nitrogens with zero attached hydrogens (tertiary/aromatic N) is 4. The molecule has 7 nitrogen and oxygen atoms in total. The van der Waals surface area contributed by atoms with Gasteiger partial charge in [0.05, 0.1) is 0 Å². The second-order valence-electron chi connectivity index (χ2n) is 7.93. The van der Waals surface area contributed by atoms with E-state index >= 15 is 0 Å². The summed E-state index contributed by atoms with van der Waals surface area (Å²) < 4.78 is 3.20. The minimum absolute atomic E-state index is 0.201. The van der Waals surface area contributed by atoms with Crippen LogP contribution in [0.5, 0.6) is 0 Å². The molecule has 0 spiro atoms. The van der Waals surface area contributed by atoms with Gasteiger partial charge in [0.15, 0.2) is 11.2 Å². The Morgan fingerprint density at radius 3 is 2.63 bits per heavy atom. The number of H-pyrrole nitrogens is 1. The predicted octanol–water partition coefficient (Wildman–Crippen LogP) is 1.81. The van der Waals surface area contributed by atoms with Crippen molar-refractivity contribution in [2.75, 3.05) is 18.0 Å². The van der Waals surface area contributed by atoms with Crippen LogP contribution >= 0.6 is 0 Å². The molecule has 1 aliphatic rings. The molecule has 0 aliphatic carbocycles. The second kappa shape index (κ2) is 6.40. The lowest BCUT2D eigenvalue weighted by Gasteiger charge is -2.25. The van der Waals surface area contributed by atoms with Gasteiger partial charge in [-0.05, 0) is 30.2 Å². The number of fused-ring (bicyclic) bond motifs is 1. The number of hydrogen-bond acceptors (Lipinski definition) is 4. The van der Waals surface area contributed by atoms with E-state index in [4.69, 9.17) is 0 Å². The molecule has 1 aliphatic heterocycles. The summed E-state index contributed by atoms with van der Waals surface area (Å²) in [5.74, 6) is 0.750. The van der Waals surface area contributed by atoms with Gasteiger partial charge in [-0.3, -0.25) is 14.3 Å². The van der Waals surface area contributed by atoms with Gasteiger partial charge in [-0.2, -0.15) is 4.98 Å². The first-order chi connectivity index (χ1) is 12.9. The summed E-state index contributed by atoms with van der Waals surface area (Å²) in [6, 6.07) is 10.6. The van der Waals surface area contributed by atoms with Crippen LogP contribution in [-0.2, 0) is 20.5 Å². The van der Waals surface area contributed by atoms with E-state index in [0.717, 1.165) is 38.3 Å². The fourth-order valence-electron chi connectivity index (χ4n) is 4.07. The van der Waals surface area contributed by atoms with Gasteiger partial charge in [0, 0.05) is 27.2 Å². The topological polar surface area (TPSA) is 75.9 Å². The fraction of sp³-hybridized carbons (Fsp3) is 0.450. The number of hydrogen-bond donors (Lipinski definition) is 1. The smallest absolute Gasteiger partial charge is 0.329 e. The van der Waals surface area contributed by atoms with Crippen molar-refractivity contribution in [3.05, 3.63) is 56.7 Å². The fourth-order valence-corrected chi connectivity index (χ4v) is 4.07. The Morgan fingerprint density at radius 1 is 1.15 bits per heavy atom. The Balaban J connectivity index is 1.59. The number of anilines is 1. The highest BCUT2D eigenvalue weighted by Gasteiger charge is 2.35. The van der Waals surface area contributed by atoms with Crippen molar-refractivity contribution in [1.82, 2.24) is 19.1 Å². The Hall–Kier alpha value is -2.83. The molecule has 0 unspecified atom stereocenters. The van der Waals surface area contributed by atoms with Gasteiger partial charge in [-0.25, -0.2) is 4.79 Å². The zero-order valence-corrected chi connectivity index (χ0v) is 16.0. The second-order valence-corrected chi connectivity index (χ2v) is 7.93. The zero-order chi connectivity index (χ0) is 19.2. The molecule has 7 heteroatoms. The molecule has 27 heavy (non-hydrogen) atoms. The van der Waals surface area contributed by atoms with E-state index in [1.807, 2.05) is 13.1 Å². The number of aromatic nitrogens is 4. The first-order valence-corrected chi connectivity index (χ1v) is 9.33. The Labute approximate surface area is 157 Å². The molecule has 3 aromatic rings. The van der Waals surface area contributed by atoms with E-state index in [2.05, 4.69) is 46.1 Å². The van der Waals surface area contributed by atoms with Crippen LogP contribution in [-0.4, -0.2) is 32.2 Å². The molecular weight excluding hydrogens is 342 g/mol. The van der Waals surface area contributed by atoms with Crippen LogP contribution in [0.1, 0.15) is 25.3 Å². The highest BCUT2D eigenvalue weighted by Crippen LogP contribution is 2.37. The Bertz CT molecular complexity index is 1100. The highest BCUT2D eigenvalue weighted by atomic mass is 16.2. The molecule has 1 saturated heterocycles. The summed E-state index contributed by atoms with van der Waals surface area (Å²) in [6.07, 6.45) is 3.25. The molecule has 1 N–H and O–H groups in total. The van der Waals surface area contributed by atoms with E-state index in [9.17, 15) is 9.59 Å². The van der Waals surface area contributed by atoms with E-state index in [0.29, 0.717) is 11.2 Å². The lowest BCUT2D eigenvalue weighted by molar-refractivity contribution is 0.338. The summed E-state index contributed by atoms with van der Waals surface area (Å²) in [5.41, 5.74) is 1.60. The van der Waals surface area contributed by atoms with Crippen LogP contribution in [0, 0.1) is 5.41 Å². The maximum Gasteiger partial charge on any atom is 0.329 e. The average Bonchev–Trinajstić information content (AvgIpc) is 3.20. The van der Waals surface area contributed by atoms with Crippen molar-refractivity contribution >= 4 is 17.1 Å². The van der Waals surface area contributed by atoms with Crippen molar-refractivity contribution < 1.29 is 0 Å². The molecule has 0 amide bonds. The molecule has 4 rings (SSSR count). The van der Waals surface area contributed by atoms with Gasteiger partial charge < -0.3 is 9.47 Å². The van der Waals surface area contributed by atoms with Gasteiger partial charge in [0.1, 0.15) is 0 Å². The van der Waals surface area contributed by atoms with E-state index in [-0.39, 0.29) is 11.0 Å². The monoisotopic (exact) mass is 367 g/mol. The third-order valence-electron chi connectivity index (χ3n) is 5.81. The van der Waals surface area contributed by atoms with Gasteiger partial charge in [0.25, 0.3) is 5.56 Å². The summed E-state index contributed by atoms with van der Waals surface area (Å²) in [5, 5.41) is 0. The zero-order valence-electron chi connectivity index (χ0n) is 16.0. The number of benzene rings is 1. The van der Waals surface area contributed by atoms with Gasteiger partial charge in [-0.15, -0.1) is 0 Å². The van der Waals surface area contributed by atoms with E-state index in [1.54, 1.807) is 11.6 Å². The standard InChI is InChI=1S/C20H25N5O2/c1-20(10-9-14-7-5-4-6-8-14)11-12-25(13-20)18-21-16-15(23(18)2)17(26)22-19(27)24(16)3/h4-8H,9-13H2,1-3H3,(H,22,26,27)/t20-/m1/s1. The molecular formula is C20H25N5O2. The van der Waals surface area contributed by atoms with Crippen molar-refractivity contribution in [2.24, 2.45) is 19.5 Å². The lowest BCUT2D eigenvalue weighted by Crippen LogP contribution is -2.29. The van der Waals surface area contributed by atoms with Crippen LogP contribution in [0.15, 0.2) is 39.9 Å². The van der Waals surface area contributed by atoms with Gasteiger partial charge >= 0.3 is 5.69 Å². The van der Waals surface area contributed by atoms with Crippen LogP contribution in [0.4, 0.5) is 5.95 Å². The first-order valence-electron chi connectivity index (χ1n) is 9.33. The molecule has 3 heterocycles. The minimum atomic E-state index is -0.439. The van der Waals surface area contributed by atoms with Gasteiger partial charge in [-0.1, -0.05) is 37.3 Å². The molecule has 1 aromatic carbocycles. The van der Waals surface area contributed by atoms with Gasteiger partial charge in [0.2, 0.25) is 5.95 Å². The van der Waals surface area contributed by atoms with Crippen molar-refractivity contribution in [1.29, 1.82) is 0 Å². The largest absolute Gasteiger partial charge is 0.342 e. The maximum absolute atomic E-state index is 12.2. The highest BCUT2D eigenvalue weighted by molar-refractivity contribution is 5.74. The van der Waals surface area contributed by atoms with E-state index in [1.165, 1.54) is 10.1 Å². The number of aromatic amines is 1. The first kappa shape index (κ1) is 17.6. The third kappa shape index (κ3) is 3.07. The van der Waals surface area contributed by atoms with E-state index < -0.39 is 5.69 Å². The molecule has 0 radical (unpaired) electrons. The van der Waals surface area contributed by atoms with Crippen LogP contribution in [0.3, 0.4) is 0 Å². The normalized spacial score (nSPS) is 19.9. The van der Waals surface area contributed by atoms with Crippen LogP contribution < -0.4 is 16.1 Å². The minimum Gasteiger partial charge on any atom is -0.342 e. The number of nitrogens with one attached hydrogen (secondary N) is 1. The predicted molar refractivity (Wildman–Crippen MR) is 106 cm³/mol. The molecule has 142 valence electrons. The number of imidazole rings is 1. The molecule has 1 atom stereocenters. The molecule has 1 fully saturated rings. The van der Waals surface area contributed by atoms with Crippen LogP contribution in [0.25, 0.3) is 11.2 Å². The maximum atomic E-state index is 12.2. The van der Waals surface area contributed by atoms with Crippen LogP contribution in [0.2, 0.25) is 0 Å². The molecule has 0 saturated carbocycles. The summed E-state index contributed by atoms with van der Waals surface area (Å²) in [7, 11) is 3.47. The SMILES string of the molecule is Cn1c(N2CC[C@@](C)(CCc3ccccc3)C2)nc2c1c(=O)[nH]c(=O)n2C. The quantitative estimate of drug-likeness (QED) is 0.763. The number of rotatable bonds is 4. The lowest BCUT2D eigenvalue weighted by atomic mass is 9.83. The Morgan fingerprint density at radius 2 is 1.89 bits per heavy atom. The third-order valence-corrected chi connectivity index (χ3v) is 5.81. The summed E-state index contributed by atoms with van der Waals surface area (Å²) in [6.45, 7) is 4.11. The summed E-state index contributed by atoms with van der Waals surface area (Å²) in [4.78, 5) is 33.3. The van der Waals surface area contributed by atoms with Crippen molar-refractivity contribution in [2.45, 2.75) is 26.2 Å². The van der Waals surface area contributed by atoms with Crippen molar-refractivity contribution in [3.63, 3.8) is 0 Å². The molecule has 2 aromatic heterocycles. The molecule has 0 bridgehead atoms.